The maximum absolute atomic E-state index is 14.1. The van der Waals surface area contributed by atoms with Gasteiger partial charge in [0, 0.05) is 11.1 Å². The van der Waals surface area contributed by atoms with Gasteiger partial charge in [-0.1, -0.05) is 120 Å². The smallest absolute Gasteiger partial charge is 0.355 e. The fourth-order valence-corrected chi connectivity index (χ4v) is 9.34. The molecule has 0 radical (unpaired) electrons. The maximum Gasteiger partial charge on any atom is 0.355 e. The van der Waals surface area contributed by atoms with Gasteiger partial charge in [-0.05, 0) is 52.1 Å². The first kappa shape index (κ1) is 41.6. The topological polar surface area (TPSA) is 175 Å². The van der Waals surface area contributed by atoms with Crippen LogP contribution in [0.15, 0.2) is 149 Å². The number of aryl methyl sites for hydroxylation is 1. The molecule has 62 heavy (non-hydrogen) atoms. The summed E-state index contributed by atoms with van der Waals surface area (Å²) in [4.78, 5) is 54.7. The fraction of sp³-hybridized carbons (Fsp3) is 0.200. The van der Waals surface area contributed by atoms with Crippen LogP contribution >= 0.6 is 23.1 Å². The van der Waals surface area contributed by atoms with E-state index in [-0.39, 0.29) is 23.7 Å². The van der Waals surface area contributed by atoms with Crippen LogP contribution < -0.4 is 15.4 Å². The molecular formula is C45H41N9O6S2. The number of benzene rings is 4. The van der Waals surface area contributed by atoms with Crippen LogP contribution in [0.4, 0.5) is 5.13 Å². The Labute approximate surface area is 365 Å². The Bertz CT molecular complexity index is 2540. The molecule has 2 N–H and O–H groups in total. The zero-order chi connectivity index (χ0) is 43.1. The number of nitrogens with one attached hydrogen (secondary N) is 2. The Kier molecular flexibility index (Phi) is 12.5. The molecule has 4 heterocycles. The number of hydrogen-bond donors (Lipinski definition) is 2. The Morgan fingerprint density at radius 2 is 1.56 bits per heavy atom. The van der Waals surface area contributed by atoms with Gasteiger partial charge in [0.25, 0.3) is 11.8 Å². The second kappa shape index (κ2) is 18.7. The molecule has 4 aromatic carbocycles. The number of nitrogens with zero attached hydrogens (tertiary/aromatic N) is 7. The van der Waals surface area contributed by atoms with Crippen molar-refractivity contribution >= 4 is 51.7 Å². The zero-order valence-electron chi connectivity index (χ0n) is 33.9. The number of ether oxygens (including phenoxy) is 2. The van der Waals surface area contributed by atoms with Crippen LogP contribution in [-0.4, -0.2) is 85.0 Å². The van der Waals surface area contributed by atoms with Gasteiger partial charge in [-0.25, -0.2) is 9.78 Å². The molecule has 2 atom stereocenters. The van der Waals surface area contributed by atoms with Gasteiger partial charge in [-0.2, -0.15) is 4.80 Å². The van der Waals surface area contributed by atoms with Crippen LogP contribution in [0.25, 0.3) is 0 Å². The van der Waals surface area contributed by atoms with Crippen LogP contribution in [-0.2, 0) is 42.6 Å². The largest absolute Gasteiger partial charge is 0.497 e. The average Bonchev–Trinajstić information content (AvgIpc) is 3.97. The fourth-order valence-electron chi connectivity index (χ4n) is 7.28. The summed E-state index contributed by atoms with van der Waals surface area (Å²) in [6.07, 6.45) is 3.54. The lowest BCUT2D eigenvalue weighted by atomic mass is 9.77. The number of rotatable bonds is 16. The predicted octanol–water partition coefficient (Wildman–Crippen LogP) is 5.85. The SMILES string of the molecule is CON=C(C(=O)NC1C(=O)N2C(C(=O)OCc3ccc(OC)cc3)=C(/C=C/Cn3nnc(C)n3)CS[C@H]12)c1csc(NC(c2ccccc2)(c2ccccc2)c2ccccc2)n1. The van der Waals surface area contributed by atoms with Crippen LogP contribution in [0.3, 0.4) is 0 Å². The molecule has 0 saturated carbocycles. The van der Waals surface area contributed by atoms with Crippen molar-refractivity contribution in [1.29, 1.82) is 0 Å². The van der Waals surface area contributed by atoms with Gasteiger partial charge in [-0.15, -0.1) is 33.3 Å². The number of methoxy groups -OCH3 is 1. The summed E-state index contributed by atoms with van der Waals surface area (Å²) in [6, 6.07) is 36.4. The van der Waals surface area contributed by atoms with E-state index in [1.165, 1.54) is 39.9 Å². The van der Waals surface area contributed by atoms with Crippen molar-refractivity contribution in [3.05, 3.63) is 178 Å². The minimum atomic E-state index is -0.982. The van der Waals surface area contributed by atoms with E-state index in [9.17, 15) is 14.4 Å². The molecule has 15 nitrogen and oxygen atoms in total. The molecule has 1 saturated heterocycles. The van der Waals surface area contributed by atoms with Crippen molar-refractivity contribution in [2.24, 2.45) is 5.16 Å². The number of carbonyl (C=O) groups excluding carboxylic acids is 3. The van der Waals surface area contributed by atoms with E-state index in [0.29, 0.717) is 34.6 Å². The first-order valence-electron chi connectivity index (χ1n) is 19.5. The summed E-state index contributed by atoms with van der Waals surface area (Å²) in [6.45, 7) is 2.00. The van der Waals surface area contributed by atoms with Crippen LogP contribution in [0, 0.1) is 6.92 Å². The lowest BCUT2D eigenvalue weighted by Crippen LogP contribution is -2.71. The van der Waals surface area contributed by atoms with Crippen LogP contribution in [0.1, 0.15) is 33.8 Å². The molecule has 0 spiro atoms. The average molecular weight is 868 g/mol. The molecule has 0 bridgehead atoms. The summed E-state index contributed by atoms with van der Waals surface area (Å²) in [5.74, 6) is -0.294. The molecule has 8 rings (SSSR count). The van der Waals surface area contributed by atoms with Crippen molar-refractivity contribution < 1.29 is 28.7 Å². The summed E-state index contributed by atoms with van der Waals surface area (Å²) >= 11 is 2.71. The normalized spacial score (nSPS) is 16.4. The van der Waals surface area contributed by atoms with Gasteiger partial charge in [0.05, 0.1) is 13.7 Å². The highest BCUT2D eigenvalue weighted by atomic mass is 32.2. The molecule has 2 aromatic heterocycles. The molecule has 6 aromatic rings. The monoisotopic (exact) mass is 867 g/mol. The summed E-state index contributed by atoms with van der Waals surface area (Å²) < 4.78 is 11.0. The molecular weight excluding hydrogens is 827 g/mol. The molecule has 0 aliphatic carbocycles. The third-order valence-corrected chi connectivity index (χ3v) is 12.3. The van der Waals surface area contributed by atoms with Gasteiger partial charge in [0.1, 0.15) is 47.8 Å². The summed E-state index contributed by atoms with van der Waals surface area (Å²) in [5, 5.41) is 24.3. The molecule has 314 valence electrons. The Morgan fingerprint density at radius 3 is 2.15 bits per heavy atom. The first-order chi connectivity index (χ1) is 30.3. The molecule has 2 aliphatic heterocycles. The number of thioether (sulfide) groups is 1. The van der Waals surface area contributed by atoms with E-state index in [4.69, 9.17) is 19.3 Å². The number of anilines is 1. The zero-order valence-corrected chi connectivity index (χ0v) is 35.5. The van der Waals surface area contributed by atoms with Gasteiger partial charge >= 0.3 is 5.97 Å². The highest BCUT2D eigenvalue weighted by Crippen LogP contribution is 2.42. The van der Waals surface area contributed by atoms with Gasteiger partial charge < -0.3 is 24.9 Å². The maximum atomic E-state index is 14.1. The van der Waals surface area contributed by atoms with Gasteiger partial charge in [0.15, 0.2) is 16.7 Å². The predicted molar refractivity (Wildman–Crippen MR) is 235 cm³/mol. The Morgan fingerprint density at radius 1 is 0.919 bits per heavy atom. The van der Waals surface area contributed by atoms with Gasteiger partial charge in [-0.3, -0.25) is 14.5 Å². The number of carbonyl (C=O) groups is 3. The lowest BCUT2D eigenvalue weighted by Gasteiger charge is -2.49. The number of thiazole rings is 1. The van der Waals surface area contributed by atoms with E-state index in [1.807, 2.05) is 54.6 Å². The number of allylic oxidation sites excluding steroid dienone is 2. The number of oxime groups is 1. The standard InChI is InChI=1S/C45H41N9O6S2/c1-29-49-52-53(50-29)25-13-14-31-27-61-42-38(41(56)54(42)39(31)43(57)60-26-30-21-23-35(58-2)24-22-30)47-40(55)37(51-59-3)36-28-62-44(46-36)48-45(32-15-7-4-8-16-32,33-17-9-5-10-18-33)34-19-11-6-12-20-34/h4-24,28,38,42H,25-27H2,1-3H3,(H,46,48)(H,47,55)/b14-13+,51-37?/t38?,42-/m1/s1. The van der Waals surface area contributed by atoms with Crippen molar-refractivity contribution in [3.8, 4) is 5.75 Å². The number of hydrogen-bond acceptors (Lipinski definition) is 14. The van der Waals surface area contributed by atoms with E-state index in [2.05, 4.69) is 67.6 Å². The molecule has 2 aliphatic rings. The summed E-state index contributed by atoms with van der Waals surface area (Å²) in [7, 11) is 2.91. The minimum Gasteiger partial charge on any atom is -0.497 e. The van der Waals surface area contributed by atoms with E-state index in [1.54, 1.807) is 55.8 Å². The van der Waals surface area contributed by atoms with E-state index in [0.717, 1.165) is 22.3 Å². The molecule has 17 heteroatoms. The number of aromatic nitrogens is 5. The molecule has 1 fully saturated rings. The van der Waals surface area contributed by atoms with Crippen molar-refractivity contribution in [3.63, 3.8) is 0 Å². The van der Waals surface area contributed by atoms with Crippen molar-refractivity contribution in [2.75, 3.05) is 25.3 Å². The number of amides is 2. The highest BCUT2D eigenvalue weighted by Gasteiger charge is 2.54. The molecule has 1 unspecified atom stereocenters. The second-order valence-corrected chi connectivity index (χ2v) is 16.0. The minimum absolute atomic E-state index is 0.0318. The summed E-state index contributed by atoms with van der Waals surface area (Å²) in [5.41, 5.74) is 3.61. The quantitative estimate of drug-likeness (QED) is 0.0391. The van der Waals surface area contributed by atoms with Crippen molar-refractivity contribution in [1.82, 2.24) is 35.4 Å². The number of esters is 1. The number of tetrazole rings is 1. The van der Waals surface area contributed by atoms with Gasteiger partial charge in [0.2, 0.25) is 0 Å². The van der Waals surface area contributed by atoms with E-state index >= 15 is 0 Å². The Balaban J connectivity index is 1.03. The third kappa shape index (κ3) is 8.57. The highest BCUT2D eigenvalue weighted by molar-refractivity contribution is 8.00. The van der Waals surface area contributed by atoms with Crippen molar-refractivity contribution in [2.45, 2.75) is 37.0 Å². The van der Waals surface area contributed by atoms with Crippen LogP contribution in [0.2, 0.25) is 0 Å². The second-order valence-electron chi connectivity index (χ2n) is 14.1. The number of fused-ring (bicyclic) bond motifs is 1. The Hall–Kier alpha value is -7.11. The number of β-lactam (4-membered cyclic amide) rings is 1. The first-order valence-corrected chi connectivity index (χ1v) is 21.4. The lowest BCUT2D eigenvalue weighted by molar-refractivity contribution is -0.153. The van der Waals surface area contributed by atoms with Crippen LogP contribution in [0.5, 0.6) is 5.75 Å². The third-order valence-electron chi connectivity index (χ3n) is 10.2. The van der Waals surface area contributed by atoms with E-state index < -0.39 is 34.7 Å². The molecule has 2 amide bonds.